The van der Waals surface area contributed by atoms with Gasteiger partial charge in [0.25, 0.3) is 0 Å². The monoisotopic (exact) mass is 267 g/mol. The summed E-state index contributed by atoms with van der Waals surface area (Å²) in [7, 11) is 0. The number of alkyl halides is 1. The number of aromatic nitrogens is 5. The molecule has 0 spiro atoms. The van der Waals surface area contributed by atoms with E-state index in [-0.39, 0.29) is 0 Å². The van der Waals surface area contributed by atoms with Crippen LogP contribution in [0.4, 0.5) is 0 Å². The third-order valence-corrected chi connectivity index (χ3v) is 3.03. The van der Waals surface area contributed by atoms with Gasteiger partial charge < -0.3 is 0 Å². The smallest absolute Gasteiger partial charge is 0.0846 e. The lowest BCUT2D eigenvalue weighted by Crippen LogP contribution is -2.08. The first-order chi connectivity index (χ1) is 8.72. The van der Waals surface area contributed by atoms with Crippen molar-refractivity contribution in [3.05, 3.63) is 29.3 Å². The number of aryl methyl sites for hydroxylation is 3. The topological polar surface area (TPSA) is 48.5 Å². The Balaban J connectivity index is 2.06. The van der Waals surface area contributed by atoms with Gasteiger partial charge in [0.05, 0.1) is 23.6 Å². The summed E-state index contributed by atoms with van der Waals surface area (Å²) in [6.45, 7) is 5.67. The van der Waals surface area contributed by atoms with Crippen LogP contribution in [0.3, 0.4) is 0 Å². The van der Waals surface area contributed by atoms with Crippen LogP contribution in [0, 0.1) is 6.92 Å². The molecule has 0 unspecified atom stereocenters. The summed E-state index contributed by atoms with van der Waals surface area (Å²) >= 11 is 5.66. The summed E-state index contributed by atoms with van der Waals surface area (Å²) in [6.07, 6.45) is 3.80. The second-order valence-corrected chi connectivity index (χ2v) is 4.67. The molecule has 0 aliphatic heterocycles. The van der Waals surface area contributed by atoms with E-state index in [2.05, 4.69) is 28.4 Å². The van der Waals surface area contributed by atoms with E-state index in [4.69, 9.17) is 11.6 Å². The fraction of sp³-hybridized carbons (Fsp3) is 0.583. The molecule has 0 fully saturated rings. The third kappa shape index (κ3) is 3.10. The van der Waals surface area contributed by atoms with E-state index in [1.165, 1.54) is 0 Å². The zero-order valence-electron chi connectivity index (χ0n) is 10.8. The summed E-state index contributed by atoms with van der Waals surface area (Å²) in [5.41, 5.74) is 3.19. The molecule has 0 saturated carbocycles. The van der Waals surface area contributed by atoms with E-state index in [1.54, 1.807) is 0 Å². The van der Waals surface area contributed by atoms with Crippen LogP contribution in [0.15, 0.2) is 12.3 Å². The zero-order valence-corrected chi connectivity index (χ0v) is 11.6. The summed E-state index contributed by atoms with van der Waals surface area (Å²) in [5.74, 6) is 0.661. The average Bonchev–Trinajstić information content (AvgIpc) is 2.94. The van der Waals surface area contributed by atoms with Gasteiger partial charge in [-0.3, -0.25) is 4.68 Å². The maximum Gasteiger partial charge on any atom is 0.0846 e. The predicted molar refractivity (Wildman–Crippen MR) is 70.8 cm³/mol. The lowest BCUT2D eigenvalue weighted by molar-refractivity contribution is 0.565. The number of rotatable bonds is 6. The van der Waals surface area contributed by atoms with E-state index >= 15 is 0 Å². The molecule has 0 N–H and O–H groups in total. The summed E-state index contributed by atoms with van der Waals surface area (Å²) in [4.78, 5) is 0. The molecule has 0 aliphatic carbocycles. The Kier molecular flexibility index (Phi) is 4.36. The lowest BCUT2D eigenvalue weighted by atomic mass is 10.3. The van der Waals surface area contributed by atoms with Crippen LogP contribution in [0.2, 0.25) is 0 Å². The van der Waals surface area contributed by atoms with E-state index in [1.807, 2.05) is 22.5 Å². The Morgan fingerprint density at radius 1 is 1.39 bits per heavy atom. The van der Waals surface area contributed by atoms with Crippen LogP contribution in [0.1, 0.15) is 30.4 Å². The molecule has 5 nitrogen and oxygen atoms in total. The maximum atomic E-state index is 5.66. The number of hydrogen-bond acceptors (Lipinski definition) is 3. The molecule has 18 heavy (non-hydrogen) atoms. The first-order valence-corrected chi connectivity index (χ1v) is 6.74. The molecule has 2 rings (SSSR count). The van der Waals surface area contributed by atoms with Crippen molar-refractivity contribution >= 4 is 11.6 Å². The highest BCUT2D eigenvalue weighted by Crippen LogP contribution is 2.07. The normalized spacial score (nSPS) is 11.1. The molecular weight excluding hydrogens is 250 g/mol. The van der Waals surface area contributed by atoms with Gasteiger partial charge in [0.15, 0.2) is 0 Å². The van der Waals surface area contributed by atoms with E-state index in [0.29, 0.717) is 12.4 Å². The third-order valence-electron chi connectivity index (χ3n) is 2.76. The van der Waals surface area contributed by atoms with E-state index in [9.17, 15) is 0 Å². The minimum Gasteiger partial charge on any atom is -0.268 e. The van der Waals surface area contributed by atoms with Crippen LogP contribution in [0.5, 0.6) is 0 Å². The van der Waals surface area contributed by atoms with Gasteiger partial charge >= 0.3 is 0 Å². The van der Waals surface area contributed by atoms with Crippen LogP contribution in [-0.4, -0.2) is 30.7 Å². The van der Waals surface area contributed by atoms with Crippen molar-refractivity contribution in [2.45, 2.75) is 39.8 Å². The summed E-state index contributed by atoms with van der Waals surface area (Å²) in [5, 5.41) is 12.7. The average molecular weight is 268 g/mol. The van der Waals surface area contributed by atoms with Crippen molar-refractivity contribution < 1.29 is 0 Å². The van der Waals surface area contributed by atoms with Crippen molar-refractivity contribution in [2.75, 3.05) is 5.88 Å². The fourth-order valence-electron chi connectivity index (χ4n) is 1.94. The highest BCUT2D eigenvalue weighted by molar-refractivity contribution is 6.17. The van der Waals surface area contributed by atoms with Gasteiger partial charge in [-0.2, -0.15) is 5.10 Å². The van der Waals surface area contributed by atoms with Crippen LogP contribution in [0.25, 0.3) is 0 Å². The largest absolute Gasteiger partial charge is 0.268 e. The van der Waals surface area contributed by atoms with Crippen molar-refractivity contribution in [3.8, 4) is 0 Å². The lowest BCUT2D eigenvalue weighted by Gasteiger charge is -2.03. The van der Waals surface area contributed by atoms with Gasteiger partial charge in [-0.15, -0.1) is 16.7 Å². The Morgan fingerprint density at radius 3 is 2.94 bits per heavy atom. The van der Waals surface area contributed by atoms with Crippen LogP contribution < -0.4 is 0 Å². The van der Waals surface area contributed by atoms with Crippen molar-refractivity contribution in [1.82, 2.24) is 24.8 Å². The SMILES string of the molecule is CCn1nc(C)cc1Cn1cc(CCCCl)nn1. The Bertz CT molecular complexity index is 502. The molecule has 2 heterocycles. The highest BCUT2D eigenvalue weighted by atomic mass is 35.5. The minimum absolute atomic E-state index is 0.661. The second kappa shape index (κ2) is 6.00. The number of hydrogen-bond donors (Lipinski definition) is 0. The number of halogens is 1. The van der Waals surface area contributed by atoms with Crippen molar-refractivity contribution in [2.24, 2.45) is 0 Å². The summed E-state index contributed by atoms with van der Waals surface area (Å²) in [6, 6.07) is 2.09. The molecule has 0 aromatic carbocycles. The van der Waals surface area contributed by atoms with Gasteiger partial charge in [0.1, 0.15) is 0 Å². The Hall–Kier alpha value is -1.36. The van der Waals surface area contributed by atoms with E-state index in [0.717, 1.165) is 36.5 Å². The molecule has 0 atom stereocenters. The number of nitrogens with zero attached hydrogens (tertiary/aromatic N) is 5. The molecule has 2 aromatic rings. The Labute approximate surface area is 112 Å². The predicted octanol–water partition coefficient (Wildman–Crippen LogP) is 2.02. The van der Waals surface area contributed by atoms with Crippen molar-refractivity contribution in [3.63, 3.8) is 0 Å². The molecule has 0 aliphatic rings. The molecule has 0 bridgehead atoms. The molecule has 98 valence electrons. The van der Waals surface area contributed by atoms with Crippen molar-refractivity contribution in [1.29, 1.82) is 0 Å². The van der Waals surface area contributed by atoms with E-state index < -0.39 is 0 Å². The fourth-order valence-corrected chi connectivity index (χ4v) is 2.08. The highest BCUT2D eigenvalue weighted by Gasteiger charge is 2.06. The minimum atomic E-state index is 0.661. The molecule has 0 radical (unpaired) electrons. The quantitative estimate of drug-likeness (QED) is 0.753. The molecule has 6 heteroatoms. The molecule has 0 saturated heterocycles. The molecular formula is C12H18ClN5. The second-order valence-electron chi connectivity index (χ2n) is 4.29. The van der Waals surface area contributed by atoms with Gasteiger partial charge in [0.2, 0.25) is 0 Å². The Morgan fingerprint density at radius 2 is 2.22 bits per heavy atom. The maximum absolute atomic E-state index is 5.66. The first-order valence-electron chi connectivity index (χ1n) is 6.21. The van der Waals surface area contributed by atoms with Gasteiger partial charge in [-0.1, -0.05) is 5.21 Å². The van der Waals surface area contributed by atoms with Crippen LogP contribution in [-0.2, 0) is 19.5 Å². The molecule has 0 amide bonds. The van der Waals surface area contributed by atoms with Gasteiger partial charge in [-0.25, -0.2) is 4.68 Å². The first kappa shape index (κ1) is 13.1. The molecule has 2 aromatic heterocycles. The standard InChI is InChI=1S/C12H18ClN5/c1-3-18-12(7-10(2)15-18)9-17-8-11(14-16-17)5-4-6-13/h7-8H,3-6,9H2,1-2H3. The van der Waals surface area contributed by atoms with Gasteiger partial charge in [0, 0.05) is 18.6 Å². The van der Waals surface area contributed by atoms with Gasteiger partial charge in [-0.05, 0) is 32.8 Å². The van der Waals surface area contributed by atoms with Crippen LogP contribution >= 0.6 is 11.6 Å². The zero-order chi connectivity index (χ0) is 13.0. The summed E-state index contributed by atoms with van der Waals surface area (Å²) < 4.78 is 3.85.